The molecule has 2 N–H and O–H groups in total. The van der Waals surface area contributed by atoms with Gasteiger partial charge in [-0.2, -0.15) is 13.2 Å². The minimum absolute atomic E-state index is 0.00137. The second kappa shape index (κ2) is 7.47. The molecule has 2 aromatic carbocycles. The van der Waals surface area contributed by atoms with Crippen molar-refractivity contribution >= 4 is 34.6 Å². The summed E-state index contributed by atoms with van der Waals surface area (Å²) in [5.74, 6) is -2.18. The first-order valence-corrected chi connectivity index (χ1v) is 8.62. The number of nitrogens with zero attached hydrogens (tertiary/aromatic N) is 2. The van der Waals surface area contributed by atoms with Gasteiger partial charge in [0.2, 0.25) is 5.84 Å². The lowest BCUT2D eigenvalue weighted by atomic mass is 10.2. The predicted molar refractivity (Wildman–Crippen MR) is 96.7 cm³/mol. The van der Waals surface area contributed by atoms with Crippen LogP contribution in [0.2, 0.25) is 0 Å². The summed E-state index contributed by atoms with van der Waals surface area (Å²) < 4.78 is 44.6. The summed E-state index contributed by atoms with van der Waals surface area (Å²) in [4.78, 5) is 16.3. The van der Waals surface area contributed by atoms with Gasteiger partial charge in [0.1, 0.15) is 5.03 Å². The Labute approximate surface area is 161 Å². The second-order valence-corrected chi connectivity index (χ2v) is 6.62. The fraction of sp³-hybridized carbons (Fsp3) is 0.111. The SMILES string of the molecule is COC(=O)c1ccc(Sc2nc3ccccc3n(C(=N)C(F)(F)F)c2=N)cc1. The number of benzene rings is 2. The highest BCUT2D eigenvalue weighted by molar-refractivity contribution is 7.99. The summed E-state index contributed by atoms with van der Waals surface area (Å²) in [6, 6.07) is 12.2. The number of rotatable bonds is 3. The summed E-state index contributed by atoms with van der Waals surface area (Å²) in [6.45, 7) is 0. The normalized spacial score (nSPS) is 11.4. The highest BCUT2D eigenvalue weighted by Gasteiger charge is 2.37. The standard InChI is InChI=1S/C18H13F3N4O2S/c1-27-16(26)10-6-8-11(9-7-10)28-15-14(22)25(17(23)18(19,20)21)13-5-3-2-4-12(13)24-15/h2-9,22-23H,1H3. The van der Waals surface area contributed by atoms with E-state index in [0.29, 0.717) is 15.0 Å². The van der Waals surface area contributed by atoms with E-state index < -0.39 is 23.5 Å². The largest absolute Gasteiger partial charge is 0.465 e. The van der Waals surface area contributed by atoms with Crippen LogP contribution in [0.4, 0.5) is 13.2 Å². The molecule has 10 heteroatoms. The maximum atomic E-state index is 13.2. The summed E-state index contributed by atoms with van der Waals surface area (Å²) in [5.41, 5.74) is 0.00259. The van der Waals surface area contributed by atoms with Gasteiger partial charge in [-0.15, -0.1) is 0 Å². The van der Waals surface area contributed by atoms with Gasteiger partial charge in [0.25, 0.3) is 0 Å². The first-order valence-electron chi connectivity index (χ1n) is 7.81. The van der Waals surface area contributed by atoms with Crippen LogP contribution in [0.25, 0.3) is 11.0 Å². The number of fused-ring (bicyclic) bond motifs is 1. The Hall–Kier alpha value is -3.14. The van der Waals surface area contributed by atoms with Crippen molar-refractivity contribution in [2.75, 3.05) is 7.11 Å². The molecule has 1 aromatic heterocycles. The zero-order chi connectivity index (χ0) is 20.5. The second-order valence-electron chi connectivity index (χ2n) is 5.55. The molecule has 3 aromatic rings. The van der Waals surface area contributed by atoms with Gasteiger partial charge in [0, 0.05) is 4.90 Å². The molecule has 6 nitrogen and oxygen atoms in total. The smallest absolute Gasteiger partial charge is 0.449 e. The molecule has 3 rings (SSSR count). The molecule has 0 spiro atoms. The number of carbonyl (C=O) groups is 1. The van der Waals surface area contributed by atoms with E-state index in [4.69, 9.17) is 10.8 Å². The number of nitrogens with one attached hydrogen (secondary N) is 2. The van der Waals surface area contributed by atoms with E-state index in [2.05, 4.69) is 9.72 Å². The van der Waals surface area contributed by atoms with Crippen LogP contribution >= 0.6 is 11.8 Å². The Kier molecular flexibility index (Phi) is 5.23. The molecule has 0 bridgehead atoms. The van der Waals surface area contributed by atoms with Crippen LogP contribution in [-0.2, 0) is 4.74 Å². The van der Waals surface area contributed by atoms with Crippen molar-refractivity contribution in [2.45, 2.75) is 16.1 Å². The highest BCUT2D eigenvalue weighted by Crippen LogP contribution is 2.27. The highest BCUT2D eigenvalue weighted by atomic mass is 32.2. The fourth-order valence-corrected chi connectivity index (χ4v) is 3.27. The Morgan fingerprint density at radius 1 is 1.14 bits per heavy atom. The van der Waals surface area contributed by atoms with Crippen molar-refractivity contribution in [3.8, 4) is 0 Å². The number of alkyl halides is 3. The third-order valence-electron chi connectivity index (χ3n) is 3.75. The van der Waals surface area contributed by atoms with Gasteiger partial charge in [-0.05, 0) is 36.4 Å². The van der Waals surface area contributed by atoms with Crippen LogP contribution in [0.5, 0.6) is 0 Å². The lowest BCUT2D eigenvalue weighted by Gasteiger charge is -2.16. The van der Waals surface area contributed by atoms with Crippen LogP contribution in [-0.4, -0.2) is 34.6 Å². The van der Waals surface area contributed by atoms with Gasteiger partial charge in [0.15, 0.2) is 5.49 Å². The number of hydrogen-bond acceptors (Lipinski definition) is 6. The summed E-state index contributed by atoms with van der Waals surface area (Å²) in [5, 5.41) is 15.7. The van der Waals surface area contributed by atoms with E-state index in [-0.39, 0.29) is 16.1 Å². The molecule has 0 aliphatic rings. The number of carbonyl (C=O) groups excluding carboxylic acids is 1. The first-order chi connectivity index (χ1) is 13.2. The van der Waals surface area contributed by atoms with E-state index >= 15 is 0 Å². The Bertz CT molecular complexity index is 1120. The summed E-state index contributed by atoms with van der Waals surface area (Å²) in [6.07, 6.45) is -4.92. The number of aromatic nitrogens is 2. The number of hydrogen-bond donors (Lipinski definition) is 2. The fourth-order valence-electron chi connectivity index (χ4n) is 2.44. The topological polar surface area (TPSA) is 91.8 Å². The molecule has 0 saturated carbocycles. The molecule has 28 heavy (non-hydrogen) atoms. The zero-order valence-electron chi connectivity index (χ0n) is 14.4. The summed E-state index contributed by atoms with van der Waals surface area (Å²) >= 11 is 0.964. The Balaban J connectivity index is 2.09. The summed E-state index contributed by atoms with van der Waals surface area (Å²) in [7, 11) is 1.25. The van der Waals surface area contributed by atoms with Gasteiger partial charge in [0.05, 0.1) is 23.7 Å². The number of halogens is 3. The number of para-hydroxylation sites is 2. The monoisotopic (exact) mass is 406 g/mol. The van der Waals surface area contributed by atoms with Gasteiger partial charge in [-0.1, -0.05) is 23.9 Å². The van der Waals surface area contributed by atoms with Gasteiger partial charge in [-0.25, -0.2) is 9.78 Å². The van der Waals surface area contributed by atoms with E-state index in [1.807, 2.05) is 0 Å². The quantitative estimate of drug-likeness (QED) is 0.393. The molecule has 0 fully saturated rings. The molecular weight excluding hydrogens is 393 g/mol. The molecule has 0 saturated heterocycles. The molecule has 0 aliphatic heterocycles. The minimum atomic E-state index is -4.92. The van der Waals surface area contributed by atoms with Crippen LogP contribution in [0.15, 0.2) is 58.5 Å². The zero-order valence-corrected chi connectivity index (χ0v) is 15.2. The molecule has 1 heterocycles. The number of ether oxygens (including phenoxy) is 1. The van der Waals surface area contributed by atoms with Crippen molar-refractivity contribution in [3.63, 3.8) is 0 Å². The first kappa shape index (κ1) is 19.6. The minimum Gasteiger partial charge on any atom is -0.465 e. The van der Waals surface area contributed by atoms with Crippen molar-refractivity contribution in [1.29, 1.82) is 10.8 Å². The average Bonchev–Trinajstić information content (AvgIpc) is 2.67. The average molecular weight is 406 g/mol. The van der Waals surface area contributed by atoms with Gasteiger partial charge in [-0.3, -0.25) is 15.4 Å². The molecule has 0 radical (unpaired) electrons. The molecule has 0 unspecified atom stereocenters. The number of methoxy groups -OCH3 is 1. The van der Waals surface area contributed by atoms with Crippen molar-refractivity contribution in [2.24, 2.45) is 0 Å². The van der Waals surface area contributed by atoms with Crippen molar-refractivity contribution in [3.05, 3.63) is 59.6 Å². The van der Waals surface area contributed by atoms with Crippen molar-refractivity contribution < 1.29 is 22.7 Å². The predicted octanol–water partition coefficient (Wildman–Crippen LogP) is 3.84. The van der Waals surface area contributed by atoms with Crippen LogP contribution in [0, 0.1) is 10.8 Å². The Morgan fingerprint density at radius 3 is 2.39 bits per heavy atom. The Morgan fingerprint density at radius 2 is 1.79 bits per heavy atom. The van der Waals surface area contributed by atoms with E-state index in [0.717, 1.165) is 11.8 Å². The van der Waals surface area contributed by atoms with Crippen LogP contribution < -0.4 is 5.49 Å². The van der Waals surface area contributed by atoms with Crippen molar-refractivity contribution in [1.82, 2.24) is 9.55 Å². The maximum Gasteiger partial charge on any atom is 0.449 e. The third kappa shape index (κ3) is 3.77. The lowest BCUT2D eigenvalue weighted by Crippen LogP contribution is -2.38. The van der Waals surface area contributed by atoms with Crippen LogP contribution in [0.3, 0.4) is 0 Å². The van der Waals surface area contributed by atoms with Crippen LogP contribution in [0.1, 0.15) is 10.4 Å². The van der Waals surface area contributed by atoms with Gasteiger partial charge >= 0.3 is 12.1 Å². The molecular formula is C18H13F3N4O2S. The molecule has 144 valence electrons. The van der Waals surface area contributed by atoms with Gasteiger partial charge < -0.3 is 4.74 Å². The van der Waals surface area contributed by atoms with E-state index in [1.165, 1.54) is 37.4 Å². The number of esters is 1. The molecule has 0 atom stereocenters. The lowest BCUT2D eigenvalue weighted by molar-refractivity contribution is -0.0624. The molecule has 0 amide bonds. The maximum absolute atomic E-state index is 13.2. The molecule has 0 aliphatic carbocycles. The van der Waals surface area contributed by atoms with E-state index in [9.17, 15) is 18.0 Å². The third-order valence-corrected chi connectivity index (χ3v) is 4.74. The van der Waals surface area contributed by atoms with E-state index in [1.54, 1.807) is 18.2 Å².